The molecule has 3 unspecified atom stereocenters. The van der Waals surface area contributed by atoms with Crippen LogP contribution in [-0.2, 0) is 25.4 Å². The maximum absolute atomic E-state index is 13.6. The largest absolute Gasteiger partial charge is 0.358 e. The van der Waals surface area contributed by atoms with E-state index in [4.69, 9.17) is 0 Å². The van der Waals surface area contributed by atoms with Gasteiger partial charge in [0.15, 0.2) is 0 Å². The van der Waals surface area contributed by atoms with E-state index in [0.717, 1.165) is 93.1 Å². The number of alkyl halides is 2. The summed E-state index contributed by atoms with van der Waals surface area (Å²) in [6, 6.07) is 12.9. The van der Waals surface area contributed by atoms with E-state index < -0.39 is 5.92 Å². The van der Waals surface area contributed by atoms with Gasteiger partial charge in [0.1, 0.15) is 0 Å². The molecule has 1 amide bonds. The van der Waals surface area contributed by atoms with Gasteiger partial charge in [-0.1, -0.05) is 42.8 Å². The predicted molar refractivity (Wildman–Crippen MR) is 167 cm³/mol. The molecule has 2 aliphatic carbocycles. The van der Waals surface area contributed by atoms with Gasteiger partial charge in [-0.15, -0.1) is 0 Å². The second kappa shape index (κ2) is 10.9. The quantitative estimate of drug-likeness (QED) is 0.281. The molecule has 1 aromatic heterocycles. The second-order valence-electron chi connectivity index (χ2n) is 13.2. The van der Waals surface area contributed by atoms with Gasteiger partial charge in [-0.25, -0.2) is 8.78 Å². The summed E-state index contributed by atoms with van der Waals surface area (Å²) in [6.07, 6.45) is 8.13. The van der Waals surface area contributed by atoms with Crippen molar-refractivity contribution in [3.8, 4) is 0 Å². The molecule has 42 heavy (non-hydrogen) atoms. The number of amides is 1. The number of rotatable bonds is 8. The summed E-state index contributed by atoms with van der Waals surface area (Å²) in [4.78, 5) is 21.8. The van der Waals surface area contributed by atoms with Gasteiger partial charge in [-0.2, -0.15) is 0 Å². The van der Waals surface area contributed by atoms with Crippen LogP contribution in [0.25, 0.3) is 10.9 Å². The Morgan fingerprint density at radius 2 is 1.86 bits per heavy atom. The van der Waals surface area contributed by atoms with E-state index in [1.807, 2.05) is 18.2 Å². The van der Waals surface area contributed by atoms with Crippen molar-refractivity contribution in [1.29, 1.82) is 0 Å². The van der Waals surface area contributed by atoms with E-state index in [1.54, 1.807) is 17.7 Å². The van der Waals surface area contributed by atoms with Gasteiger partial charge in [0, 0.05) is 89.2 Å². The molecule has 3 atom stereocenters. The third-order valence-corrected chi connectivity index (χ3v) is 10.3. The number of carbonyl (C=O) groups is 1. The molecule has 7 rings (SSSR count). The van der Waals surface area contributed by atoms with Crippen LogP contribution in [0.1, 0.15) is 75.1 Å². The number of allylic oxidation sites excluding steroid dienone is 1. The van der Waals surface area contributed by atoms with Crippen LogP contribution in [0.5, 0.6) is 0 Å². The number of likely N-dealkylation sites (tertiary alicyclic amines) is 1. The molecule has 7 heteroatoms. The molecule has 2 fully saturated rings. The first kappa shape index (κ1) is 27.8. The standard InChI is InChI=1S/C35H42F2N4O.2H2/c1-3-23-16-25(29-18-28(23)29)20-40-13-10-27(11-14-40)38-34(42)24-6-9-32-30(17-24)31-21-41(15-12-33(31)39-32)19-22-4-7-26(8-5-22)35(2,36)37;;/h4-9,16-17,23,27-29,39H,3,10-15,18-21H2,1-2H3,(H,38,42);2*1H. The number of benzene rings is 2. The third-order valence-electron chi connectivity index (χ3n) is 10.3. The molecule has 0 bridgehead atoms. The second-order valence-corrected chi connectivity index (χ2v) is 13.2. The third kappa shape index (κ3) is 5.53. The van der Waals surface area contributed by atoms with Gasteiger partial charge < -0.3 is 10.3 Å². The summed E-state index contributed by atoms with van der Waals surface area (Å²) in [7, 11) is 0. The van der Waals surface area contributed by atoms with Crippen molar-refractivity contribution in [2.45, 2.75) is 71.0 Å². The fourth-order valence-corrected chi connectivity index (χ4v) is 7.70. The van der Waals surface area contributed by atoms with Gasteiger partial charge in [0.05, 0.1) is 0 Å². The summed E-state index contributed by atoms with van der Waals surface area (Å²) < 4.78 is 27.2. The fourth-order valence-electron chi connectivity index (χ4n) is 7.70. The zero-order valence-electron chi connectivity index (χ0n) is 24.8. The van der Waals surface area contributed by atoms with Crippen LogP contribution in [0.4, 0.5) is 8.78 Å². The zero-order valence-corrected chi connectivity index (χ0v) is 24.8. The van der Waals surface area contributed by atoms with Crippen LogP contribution in [-0.4, -0.2) is 52.9 Å². The van der Waals surface area contributed by atoms with Gasteiger partial charge in [0.2, 0.25) is 0 Å². The molecule has 3 heterocycles. The highest BCUT2D eigenvalue weighted by Crippen LogP contribution is 2.56. The molecule has 2 aliphatic heterocycles. The van der Waals surface area contributed by atoms with E-state index in [-0.39, 0.29) is 20.4 Å². The Balaban J connectivity index is 0.00000192. The van der Waals surface area contributed by atoms with Crippen molar-refractivity contribution in [2.24, 2.45) is 17.8 Å². The molecule has 3 aromatic rings. The van der Waals surface area contributed by atoms with E-state index >= 15 is 0 Å². The summed E-state index contributed by atoms with van der Waals surface area (Å²) in [5, 5.41) is 4.43. The lowest BCUT2D eigenvalue weighted by molar-refractivity contribution is 0.0174. The Kier molecular flexibility index (Phi) is 7.22. The molecular weight excluding hydrogens is 530 g/mol. The van der Waals surface area contributed by atoms with Crippen LogP contribution in [0.2, 0.25) is 0 Å². The molecule has 2 N–H and O–H groups in total. The lowest BCUT2D eigenvalue weighted by Gasteiger charge is -2.33. The highest BCUT2D eigenvalue weighted by molar-refractivity contribution is 5.99. The average Bonchev–Trinajstić information content (AvgIpc) is 3.59. The first-order valence-corrected chi connectivity index (χ1v) is 15.8. The number of hydrogen-bond acceptors (Lipinski definition) is 3. The molecule has 0 spiro atoms. The van der Waals surface area contributed by atoms with Crippen molar-refractivity contribution in [1.82, 2.24) is 20.1 Å². The van der Waals surface area contributed by atoms with Crippen LogP contribution >= 0.6 is 0 Å². The van der Waals surface area contributed by atoms with E-state index in [0.29, 0.717) is 12.1 Å². The predicted octanol–water partition coefficient (Wildman–Crippen LogP) is 7.13. The number of nitrogens with one attached hydrogen (secondary N) is 2. The highest BCUT2D eigenvalue weighted by atomic mass is 19.3. The van der Waals surface area contributed by atoms with E-state index in [1.165, 1.54) is 36.2 Å². The summed E-state index contributed by atoms with van der Waals surface area (Å²) in [6.45, 7) is 8.81. The first-order chi connectivity index (χ1) is 20.2. The lowest BCUT2D eigenvalue weighted by atomic mass is 10.0. The molecule has 226 valence electrons. The van der Waals surface area contributed by atoms with Gasteiger partial charge in [-0.3, -0.25) is 14.6 Å². The van der Waals surface area contributed by atoms with Crippen LogP contribution in [0.15, 0.2) is 54.1 Å². The van der Waals surface area contributed by atoms with E-state index in [9.17, 15) is 13.6 Å². The molecule has 2 aromatic carbocycles. The number of aromatic nitrogens is 1. The maximum atomic E-state index is 13.6. The number of hydrogen-bond donors (Lipinski definition) is 2. The molecule has 1 saturated heterocycles. The fraction of sp³-hybridized carbons (Fsp3) is 0.514. The van der Waals surface area contributed by atoms with Crippen molar-refractivity contribution in [3.63, 3.8) is 0 Å². The van der Waals surface area contributed by atoms with Crippen LogP contribution in [0.3, 0.4) is 0 Å². The number of nitrogens with zero attached hydrogens (tertiary/aromatic N) is 2. The van der Waals surface area contributed by atoms with Crippen molar-refractivity contribution < 1.29 is 16.4 Å². The zero-order chi connectivity index (χ0) is 29.0. The van der Waals surface area contributed by atoms with Crippen LogP contribution in [0, 0.1) is 17.8 Å². The summed E-state index contributed by atoms with van der Waals surface area (Å²) in [5.74, 6) is -0.212. The van der Waals surface area contributed by atoms with Crippen LogP contribution < -0.4 is 5.32 Å². The van der Waals surface area contributed by atoms with Crippen molar-refractivity contribution >= 4 is 16.8 Å². The first-order valence-electron chi connectivity index (χ1n) is 15.8. The maximum Gasteiger partial charge on any atom is 0.270 e. The highest BCUT2D eigenvalue weighted by Gasteiger charge is 2.48. The minimum Gasteiger partial charge on any atom is -0.358 e. The topological polar surface area (TPSA) is 51.4 Å². The Bertz CT molecular complexity index is 1510. The van der Waals surface area contributed by atoms with Gasteiger partial charge >= 0.3 is 0 Å². The SMILES string of the molecule is CCC1C=C(CN2CCC(NC(=O)c3ccc4[nH]c5c(c4c3)CN(Cc3ccc(C(C)(F)F)cc3)CC5)CC2)C2CC12.[HH].[HH]. The lowest BCUT2D eigenvalue weighted by Crippen LogP contribution is -2.45. The average molecular weight is 577 g/mol. The number of aromatic amines is 1. The number of halogens is 2. The van der Waals surface area contributed by atoms with Crippen molar-refractivity contribution in [3.05, 3.63) is 82.1 Å². The Labute approximate surface area is 250 Å². The number of piperidine rings is 1. The molecule has 0 radical (unpaired) electrons. The number of fused-ring (bicyclic) bond motifs is 4. The van der Waals surface area contributed by atoms with Gasteiger partial charge in [-0.05, 0) is 72.8 Å². The minimum atomic E-state index is -2.82. The monoisotopic (exact) mass is 576 g/mol. The molecule has 5 nitrogen and oxygen atoms in total. The summed E-state index contributed by atoms with van der Waals surface area (Å²) >= 11 is 0. The molecular formula is C35H46F2N4O. The smallest absolute Gasteiger partial charge is 0.270 e. The molecule has 1 saturated carbocycles. The number of H-pyrrole nitrogens is 1. The minimum absolute atomic E-state index is 0. The van der Waals surface area contributed by atoms with Gasteiger partial charge in [0.25, 0.3) is 11.8 Å². The molecule has 4 aliphatic rings. The Hall–Kier alpha value is -3.03. The Morgan fingerprint density at radius 3 is 2.57 bits per heavy atom. The summed E-state index contributed by atoms with van der Waals surface area (Å²) in [5.41, 5.74) is 6.98. The van der Waals surface area contributed by atoms with E-state index in [2.05, 4.69) is 33.1 Å². The Morgan fingerprint density at radius 1 is 1.07 bits per heavy atom. The normalized spacial score (nSPS) is 24.9. The number of carbonyl (C=O) groups excluding carboxylic acids is 1. The van der Waals surface area contributed by atoms with Crippen molar-refractivity contribution in [2.75, 3.05) is 26.2 Å².